The molecule has 0 amide bonds. The van der Waals surface area contributed by atoms with Gasteiger partial charge in [0.05, 0.1) is 26.4 Å². The summed E-state index contributed by atoms with van der Waals surface area (Å²) in [5.41, 5.74) is -1.43. The van der Waals surface area contributed by atoms with Crippen molar-refractivity contribution in [3.8, 4) is 0 Å². The number of hydrogen-bond acceptors (Lipinski definition) is 4. The highest BCUT2D eigenvalue weighted by Gasteiger charge is 2.51. The molecule has 1 saturated carbocycles. The summed E-state index contributed by atoms with van der Waals surface area (Å²) in [7, 11) is 0. The van der Waals surface area contributed by atoms with Gasteiger partial charge in [0.1, 0.15) is 0 Å². The van der Waals surface area contributed by atoms with Crippen molar-refractivity contribution in [3.05, 3.63) is 0 Å². The summed E-state index contributed by atoms with van der Waals surface area (Å²) in [5, 5.41) is 37.4. The van der Waals surface area contributed by atoms with Crippen LogP contribution in [-0.4, -0.2) is 46.9 Å². The molecule has 0 radical (unpaired) electrons. The van der Waals surface area contributed by atoms with Crippen molar-refractivity contribution in [1.82, 2.24) is 0 Å². The predicted octanol–water partition coefficient (Wildman–Crippen LogP) is -0.498. The Balaban J connectivity index is 2.96. The quantitative estimate of drug-likeness (QED) is 0.498. The van der Waals surface area contributed by atoms with Gasteiger partial charge in [-0.1, -0.05) is 12.8 Å². The summed E-state index contributed by atoms with van der Waals surface area (Å²) in [5.74, 6) is 0. The second kappa shape index (κ2) is 4.57. The average molecular weight is 204 g/mol. The van der Waals surface area contributed by atoms with Crippen molar-refractivity contribution < 1.29 is 20.4 Å². The van der Waals surface area contributed by atoms with Gasteiger partial charge in [-0.25, -0.2) is 0 Å². The van der Waals surface area contributed by atoms with Crippen molar-refractivity contribution >= 4 is 0 Å². The third-order valence-electron chi connectivity index (χ3n) is 3.90. The molecule has 0 aromatic heterocycles. The van der Waals surface area contributed by atoms with E-state index in [9.17, 15) is 20.4 Å². The van der Waals surface area contributed by atoms with Crippen LogP contribution >= 0.6 is 0 Å². The maximum atomic E-state index is 9.36. The molecule has 4 nitrogen and oxygen atoms in total. The van der Waals surface area contributed by atoms with Crippen LogP contribution in [0.4, 0.5) is 0 Å². The van der Waals surface area contributed by atoms with Gasteiger partial charge in [0.2, 0.25) is 0 Å². The molecule has 1 fully saturated rings. The number of rotatable bonds is 4. The lowest BCUT2D eigenvalue weighted by Gasteiger charge is -2.50. The van der Waals surface area contributed by atoms with Gasteiger partial charge in [0.25, 0.3) is 0 Å². The smallest absolute Gasteiger partial charge is 0.0516 e. The summed E-state index contributed by atoms with van der Waals surface area (Å²) < 4.78 is 0. The van der Waals surface area contributed by atoms with Crippen molar-refractivity contribution in [2.24, 2.45) is 10.8 Å². The van der Waals surface area contributed by atoms with Crippen LogP contribution in [0.3, 0.4) is 0 Å². The molecular formula is C10H20O4. The first kappa shape index (κ1) is 11.9. The van der Waals surface area contributed by atoms with Gasteiger partial charge < -0.3 is 20.4 Å². The van der Waals surface area contributed by atoms with Crippen LogP contribution in [-0.2, 0) is 0 Å². The van der Waals surface area contributed by atoms with Gasteiger partial charge in [0, 0.05) is 10.8 Å². The van der Waals surface area contributed by atoms with E-state index < -0.39 is 10.8 Å². The largest absolute Gasteiger partial charge is 0.396 e. The van der Waals surface area contributed by atoms with Crippen LogP contribution < -0.4 is 0 Å². The summed E-state index contributed by atoms with van der Waals surface area (Å²) in [6.07, 6.45) is 3.20. The fraction of sp³-hybridized carbons (Fsp3) is 1.00. The van der Waals surface area contributed by atoms with Gasteiger partial charge in [-0.15, -0.1) is 0 Å². The van der Waals surface area contributed by atoms with E-state index in [1.165, 1.54) is 0 Å². The summed E-state index contributed by atoms with van der Waals surface area (Å²) in [4.78, 5) is 0. The molecule has 14 heavy (non-hydrogen) atoms. The Morgan fingerprint density at radius 3 is 1.14 bits per heavy atom. The molecule has 4 N–H and O–H groups in total. The molecule has 84 valence electrons. The van der Waals surface area contributed by atoms with Crippen LogP contribution in [0, 0.1) is 10.8 Å². The molecule has 0 saturated heterocycles. The maximum absolute atomic E-state index is 9.36. The van der Waals surface area contributed by atoms with E-state index in [0.29, 0.717) is 12.8 Å². The molecule has 0 aromatic rings. The van der Waals surface area contributed by atoms with Crippen LogP contribution in [0.15, 0.2) is 0 Å². The zero-order valence-electron chi connectivity index (χ0n) is 8.45. The monoisotopic (exact) mass is 204 g/mol. The van der Waals surface area contributed by atoms with Gasteiger partial charge in [-0.05, 0) is 12.8 Å². The summed E-state index contributed by atoms with van der Waals surface area (Å²) in [6.45, 7) is -0.704. The molecule has 0 spiro atoms. The standard InChI is InChI=1S/C10H20O4/c11-5-9(6-12)3-1-2-4-10(9,7-13)8-14/h11-14H,1-8H2. The minimum absolute atomic E-state index is 0.176. The molecule has 0 aromatic carbocycles. The lowest BCUT2D eigenvalue weighted by Crippen LogP contribution is -2.54. The molecule has 0 heterocycles. The summed E-state index contributed by atoms with van der Waals surface area (Å²) >= 11 is 0. The van der Waals surface area contributed by atoms with E-state index in [0.717, 1.165) is 12.8 Å². The van der Waals surface area contributed by atoms with Crippen molar-refractivity contribution in [1.29, 1.82) is 0 Å². The lowest BCUT2D eigenvalue weighted by molar-refractivity contribution is -0.137. The molecular weight excluding hydrogens is 184 g/mol. The first-order valence-electron chi connectivity index (χ1n) is 5.14. The van der Waals surface area contributed by atoms with Crippen molar-refractivity contribution in [3.63, 3.8) is 0 Å². The first-order chi connectivity index (χ1) is 6.70. The normalized spacial score (nSPS) is 24.9. The van der Waals surface area contributed by atoms with Gasteiger partial charge in [0.15, 0.2) is 0 Å². The van der Waals surface area contributed by atoms with Gasteiger partial charge in [-0.3, -0.25) is 0 Å². The zero-order valence-corrected chi connectivity index (χ0v) is 8.45. The zero-order chi connectivity index (χ0) is 10.7. The van der Waals surface area contributed by atoms with Crippen LogP contribution in [0.1, 0.15) is 25.7 Å². The summed E-state index contributed by atoms with van der Waals surface area (Å²) in [6, 6.07) is 0. The van der Waals surface area contributed by atoms with Crippen molar-refractivity contribution in [2.45, 2.75) is 25.7 Å². The molecule has 4 heteroatoms. The lowest BCUT2D eigenvalue weighted by atomic mass is 9.57. The molecule has 0 bridgehead atoms. The molecule has 1 rings (SSSR count). The van der Waals surface area contributed by atoms with E-state index in [4.69, 9.17) is 0 Å². The highest BCUT2D eigenvalue weighted by atomic mass is 16.3. The van der Waals surface area contributed by atoms with Gasteiger partial charge in [-0.2, -0.15) is 0 Å². The Morgan fingerprint density at radius 1 is 0.643 bits per heavy atom. The predicted molar refractivity (Wildman–Crippen MR) is 51.7 cm³/mol. The number of aliphatic hydroxyl groups excluding tert-OH is 4. The molecule has 0 atom stereocenters. The average Bonchev–Trinajstić information content (AvgIpc) is 2.28. The first-order valence-corrected chi connectivity index (χ1v) is 5.14. The highest BCUT2D eigenvalue weighted by molar-refractivity contribution is 4.99. The fourth-order valence-corrected chi connectivity index (χ4v) is 2.54. The van der Waals surface area contributed by atoms with E-state index in [2.05, 4.69) is 0 Å². The topological polar surface area (TPSA) is 80.9 Å². The number of aliphatic hydroxyl groups is 4. The second-order valence-corrected chi connectivity index (χ2v) is 4.40. The second-order valence-electron chi connectivity index (χ2n) is 4.40. The number of hydrogen-bond donors (Lipinski definition) is 4. The van der Waals surface area contributed by atoms with E-state index in [-0.39, 0.29) is 26.4 Å². The Labute approximate surface area is 84.2 Å². The molecule has 0 unspecified atom stereocenters. The minimum atomic E-state index is -0.714. The third-order valence-corrected chi connectivity index (χ3v) is 3.90. The fourth-order valence-electron chi connectivity index (χ4n) is 2.54. The SMILES string of the molecule is OCC1(CO)CCCCC1(CO)CO. The molecule has 1 aliphatic rings. The van der Waals surface area contributed by atoms with E-state index >= 15 is 0 Å². The molecule has 0 aliphatic heterocycles. The van der Waals surface area contributed by atoms with Crippen molar-refractivity contribution in [2.75, 3.05) is 26.4 Å². The maximum Gasteiger partial charge on any atom is 0.0516 e. The van der Waals surface area contributed by atoms with Crippen LogP contribution in [0.5, 0.6) is 0 Å². The highest BCUT2D eigenvalue weighted by Crippen LogP contribution is 2.49. The Kier molecular flexibility index (Phi) is 3.89. The van der Waals surface area contributed by atoms with Crippen LogP contribution in [0.25, 0.3) is 0 Å². The third kappa shape index (κ3) is 1.56. The Bertz CT molecular complexity index is 153. The van der Waals surface area contributed by atoms with Gasteiger partial charge >= 0.3 is 0 Å². The Morgan fingerprint density at radius 2 is 0.929 bits per heavy atom. The Hall–Kier alpha value is -0.160. The van der Waals surface area contributed by atoms with E-state index in [1.807, 2.05) is 0 Å². The molecule has 1 aliphatic carbocycles. The van der Waals surface area contributed by atoms with E-state index in [1.54, 1.807) is 0 Å². The van der Waals surface area contributed by atoms with Crippen LogP contribution in [0.2, 0.25) is 0 Å². The minimum Gasteiger partial charge on any atom is -0.396 e.